The molecule has 22 heavy (non-hydrogen) atoms. The van der Waals surface area contributed by atoms with Gasteiger partial charge in [-0.15, -0.1) is 0 Å². The topological polar surface area (TPSA) is 56.8 Å². The number of amides is 3. The number of urea groups is 1. The number of anilines is 2. The molecule has 6 nitrogen and oxygen atoms in total. The van der Waals surface area contributed by atoms with Gasteiger partial charge in [-0.05, 0) is 45.2 Å². The summed E-state index contributed by atoms with van der Waals surface area (Å²) in [6.45, 7) is 6.58. The minimum absolute atomic E-state index is 0.109. The quantitative estimate of drug-likeness (QED) is 0.801. The van der Waals surface area contributed by atoms with Gasteiger partial charge in [0.2, 0.25) is 0 Å². The molecular formula is C16H22N4O2. The first kappa shape index (κ1) is 14.8. The number of hydrogen-bond donors (Lipinski definition) is 0. The van der Waals surface area contributed by atoms with Crippen LogP contribution in [0.15, 0.2) is 18.3 Å². The zero-order chi connectivity index (χ0) is 15.7. The number of nitrogens with zero attached hydrogens (tertiary/aromatic N) is 4. The Balaban J connectivity index is 1.84. The van der Waals surface area contributed by atoms with Gasteiger partial charge < -0.3 is 9.80 Å². The van der Waals surface area contributed by atoms with Crippen molar-refractivity contribution in [1.82, 2.24) is 9.88 Å². The van der Waals surface area contributed by atoms with E-state index in [0.29, 0.717) is 12.2 Å². The van der Waals surface area contributed by atoms with Gasteiger partial charge in [0, 0.05) is 19.6 Å². The van der Waals surface area contributed by atoms with Crippen LogP contribution in [0.3, 0.4) is 0 Å². The number of aromatic nitrogens is 1. The van der Waals surface area contributed by atoms with Gasteiger partial charge in [0.15, 0.2) is 0 Å². The predicted octanol–water partition coefficient (Wildman–Crippen LogP) is 2.25. The number of fused-ring (bicyclic) bond motifs is 1. The lowest BCUT2D eigenvalue weighted by molar-refractivity contribution is -0.120. The lowest BCUT2D eigenvalue weighted by atomic mass is 10.0. The van der Waals surface area contributed by atoms with Crippen LogP contribution in [0.1, 0.15) is 33.1 Å². The number of hydrogen-bond acceptors (Lipinski definition) is 4. The van der Waals surface area contributed by atoms with Crippen LogP contribution in [0.5, 0.6) is 0 Å². The Morgan fingerprint density at radius 2 is 2.00 bits per heavy atom. The van der Waals surface area contributed by atoms with E-state index in [1.165, 1.54) is 4.90 Å². The van der Waals surface area contributed by atoms with Gasteiger partial charge in [0.05, 0.1) is 11.9 Å². The van der Waals surface area contributed by atoms with E-state index in [4.69, 9.17) is 0 Å². The second-order valence-electron chi connectivity index (χ2n) is 5.71. The van der Waals surface area contributed by atoms with Crippen molar-refractivity contribution < 1.29 is 9.59 Å². The molecule has 0 unspecified atom stereocenters. The normalized spacial score (nSPS) is 21.3. The van der Waals surface area contributed by atoms with Crippen molar-refractivity contribution in [3.8, 4) is 0 Å². The maximum Gasteiger partial charge on any atom is 0.332 e. The average Bonchev–Trinajstić information content (AvgIpc) is 2.81. The Hall–Kier alpha value is -2.11. The Bertz CT molecular complexity index is 544. The molecule has 118 valence electrons. The third kappa shape index (κ3) is 2.32. The third-order valence-corrected chi connectivity index (χ3v) is 4.52. The third-order valence-electron chi connectivity index (χ3n) is 4.52. The minimum atomic E-state index is -0.274. The highest BCUT2D eigenvalue weighted by atomic mass is 16.2. The molecule has 0 aromatic carbocycles. The van der Waals surface area contributed by atoms with Crippen LogP contribution in [-0.4, -0.2) is 47.5 Å². The Morgan fingerprint density at radius 3 is 2.59 bits per heavy atom. The fourth-order valence-corrected chi connectivity index (χ4v) is 3.27. The van der Waals surface area contributed by atoms with Crippen LogP contribution in [0.4, 0.5) is 16.3 Å². The van der Waals surface area contributed by atoms with E-state index in [0.717, 1.165) is 38.2 Å². The highest BCUT2D eigenvalue weighted by molar-refractivity contribution is 6.21. The van der Waals surface area contributed by atoms with E-state index in [-0.39, 0.29) is 18.0 Å². The molecule has 0 saturated carbocycles. The van der Waals surface area contributed by atoms with E-state index in [1.54, 1.807) is 11.1 Å². The van der Waals surface area contributed by atoms with Crippen molar-refractivity contribution >= 4 is 23.4 Å². The van der Waals surface area contributed by atoms with Gasteiger partial charge in [-0.1, -0.05) is 0 Å². The largest absolute Gasteiger partial charge is 0.357 e. The summed E-state index contributed by atoms with van der Waals surface area (Å²) in [5.41, 5.74) is 0.570. The summed E-state index contributed by atoms with van der Waals surface area (Å²) in [5, 5.41) is 0. The van der Waals surface area contributed by atoms with Crippen molar-refractivity contribution in [1.29, 1.82) is 0 Å². The Kier molecular flexibility index (Phi) is 4.00. The first-order chi connectivity index (χ1) is 10.7. The summed E-state index contributed by atoms with van der Waals surface area (Å²) < 4.78 is 0. The summed E-state index contributed by atoms with van der Waals surface area (Å²) in [6, 6.07) is 3.21. The number of carbonyl (C=O) groups excluding carboxylic acids is 2. The van der Waals surface area contributed by atoms with E-state index < -0.39 is 0 Å². The van der Waals surface area contributed by atoms with Gasteiger partial charge in [0.25, 0.3) is 5.91 Å². The van der Waals surface area contributed by atoms with E-state index in [2.05, 4.69) is 23.7 Å². The molecule has 2 saturated heterocycles. The molecule has 6 heteroatoms. The molecule has 3 heterocycles. The lowest BCUT2D eigenvalue weighted by Crippen LogP contribution is -2.39. The second kappa shape index (κ2) is 5.94. The van der Waals surface area contributed by atoms with E-state index >= 15 is 0 Å². The Morgan fingerprint density at radius 1 is 1.23 bits per heavy atom. The zero-order valence-electron chi connectivity index (χ0n) is 13.2. The van der Waals surface area contributed by atoms with Gasteiger partial charge in [-0.25, -0.2) is 14.7 Å². The molecule has 3 amide bonds. The number of pyridine rings is 1. The molecule has 2 aliphatic rings. The van der Waals surface area contributed by atoms with Crippen LogP contribution in [-0.2, 0) is 4.79 Å². The molecule has 0 aliphatic carbocycles. The van der Waals surface area contributed by atoms with Crippen LogP contribution in [0.25, 0.3) is 0 Å². The number of imide groups is 1. The smallest absolute Gasteiger partial charge is 0.332 e. The van der Waals surface area contributed by atoms with Crippen molar-refractivity contribution in [2.45, 2.75) is 39.2 Å². The molecule has 1 aromatic heterocycles. The Labute approximate surface area is 130 Å². The predicted molar refractivity (Wildman–Crippen MR) is 85.0 cm³/mol. The SMILES string of the molecule is CCN(CC)c1ccc(N2C(=O)[C@@H]3CCCCN3C2=O)cn1. The van der Waals surface area contributed by atoms with Crippen LogP contribution in [0.2, 0.25) is 0 Å². The van der Waals surface area contributed by atoms with Crippen molar-refractivity contribution in [2.75, 3.05) is 29.4 Å². The summed E-state index contributed by atoms with van der Waals surface area (Å²) in [5.74, 6) is 0.757. The van der Waals surface area contributed by atoms with Crippen LogP contribution < -0.4 is 9.80 Å². The molecule has 0 bridgehead atoms. The molecule has 0 radical (unpaired) electrons. The van der Waals surface area contributed by atoms with Crippen LogP contribution in [0, 0.1) is 0 Å². The van der Waals surface area contributed by atoms with Gasteiger partial charge in [0.1, 0.15) is 11.9 Å². The summed E-state index contributed by atoms with van der Waals surface area (Å²) in [7, 11) is 0. The monoisotopic (exact) mass is 302 g/mol. The number of carbonyl (C=O) groups is 2. The first-order valence-electron chi connectivity index (χ1n) is 8.03. The molecular weight excluding hydrogens is 280 g/mol. The molecule has 2 fully saturated rings. The van der Waals surface area contributed by atoms with E-state index in [9.17, 15) is 9.59 Å². The van der Waals surface area contributed by atoms with Gasteiger partial charge in [-0.2, -0.15) is 0 Å². The zero-order valence-corrected chi connectivity index (χ0v) is 13.2. The van der Waals surface area contributed by atoms with E-state index in [1.807, 2.05) is 12.1 Å². The lowest BCUT2D eigenvalue weighted by Gasteiger charge is -2.25. The molecule has 2 aliphatic heterocycles. The molecule has 1 atom stereocenters. The highest BCUT2D eigenvalue weighted by Gasteiger charge is 2.46. The highest BCUT2D eigenvalue weighted by Crippen LogP contribution is 2.30. The number of rotatable bonds is 4. The maximum atomic E-state index is 12.5. The maximum absolute atomic E-state index is 12.5. The van der Waals surface area contributed by atoms with Crippen molar-refractivity contribution in [3.05, 3.63) is 18.3 Å². The fraction of sp³-hybridized carbons (Fsp3) is 0.562. The average molecular weight is 302 g/mol. The summed E-state index contributed by atoms with van der Waals surface area (Å²) >= 11 is 0. The minimum Gasteiger partial charge on any atom is -0.357 e. The molecule has 0 N–H and O–H groups in total. The fourth-order valence-electron chi connectivity index (χ4n) is 3.27. The summed E-state index contributed by atoms with van der Waals surface area (Å²) in [4.78, 5) is 34.5. The molecule has 0 spiro atoms. The number of piperidine rings is 1. The second-order valence-corrected chi connectivity index (χ2v) is 5.71. The first-order valence-corrected chi connectivity index (χ1v) is 8.03. The standard InChI is InChI=1S/C16H22N4O2/c1-3-18(4-2)14-9-8-12(11-17-14)20-15(21)13-7-5-6-10-19(13)16(20)22/h8-9,11,13H,3-7,10H2,1-2H3/t13-/m0/s1. The van der Waals surface area contributed by atoms with Gasteiger partial charge in [-0.3, -0.25) is 4.79 Å². The molecule has 3 rings (SSSR count). The summed E-state index contributed by atoms with van der Waals surface area (Å²) in [6.07, 6.45) is 4.38. The van der Waals surface area contributed by atoms with Crippen LogP contribution >= 0.6 is 0 Å². The van der Waals surface area contributed by atoms with Crippen molar-refractivity contribution in [2.24, 2.45) is 0 Å². The molecule has 1 aromatic rings. The van der Waals surface area contributed by atoms with Gasteiger partial charge >= 0.3 is 6.03 Å². The van der Waals surface area contributed by atoms with Crippen molar-refractivity contribution in [3.63, 3.8) is 0 Å².